The molecule has 0 saturated carbocycles. The molecule has 4 aromatic rings. The summed E-state index contributed by atoms with van der Waals surface area (Å²) in [7, 11) is 0. The van der Waals surface area contributed by atoms with Gasteiger partial charge >= 0.3 is 0 Å². The third-order valence-electron chi connectivity index (χ3n) is 4.98. The number of aromatic nitrogens is 3. The molecule has 2 aromatic carbocycles. The number of hydrogen-bond donors (Lipinski definition) is 0. The number of fused-ring (bicyclic) bond motifs is 2. The molecule has 1 aliphatic heterocycles. The van der Waals surface area contributed by atoms with Gasteiger partial charge in [0.2, 0.25) is 4.96 Å². The van der Waals surface area contributed by atoms with Crippen molar-refractivity contribution in [1.82, 2.24) is 14.6 Å². The van der Waals surface area contributed by atoms with Gasteiger partial charge in [-0.25, -0.2) is 0 Å². The number of thiazole rings is 1. The zero-order valence-corrected chi connectivity index (χ0v) is 16.9. The molecule has 0 aliphatic carbocycles. The van der Waals surface area contributed by atoms with Gasteiger partial charge in [0.15, 0.2) is 0 Å². The average Bonchev–Trinajstić information content (AvgIpc) is 3.04. The fourth-order valence-electron chi connectivity index (χ4n) is 3.41. The molecule has 1 atom stereocenters. The highest BCUT2D eigenvalue weighted by molar-refractivity contribution is 7.15. The highest BCUT2D eigenvalue weighted by Gasteiger charge is 2.18. The topological polar surface area (TPSA) is 73.6 Å². The van der Waals surface area contributed by atoms with Gasteiger partial charge in [-0.05, 0) is 36.3 Å². The fourth-order valence-corrected chi connectivity index (χ4v) is 4.32. The Morgan fingerprint density at radius 1 is 1.10 bits per heavy atom. The van der Waals surface area contributed by atoms with E-state index in [0.717, 1.165) is 33.8 Å². The SMILES string of the molecule is C[C@H]1Oc2ccccc2C=C1/C=c1/sc2nc(=O)c(Cc3ccccc3)nn2c1=O. The zero-order chi connectivity index (χ0) is 20.7. The molecule has 1 aliphatic rings. The van der Waals surface area contributed by atoms with Gasteiger partial charge in [0.05, 0.1) is 4.53 Å². The molecular weight excluding hydrogens is 398 g/mol. The van der Waals surface area contributed by atoms with Crippen LogP contribution in [-0.4, -0.2) is 20.7 Å². The number of hydrogen-bond acceptors (Lipinski definition) is 6. The molecule has 3 heterocycles. The van der Waals surface area contributed by atoms with E-state index in [4.69, 9.17) is 4.74 Å². The highest BCUT2D eigenvalue weighted by Crippen LogP contribution is 2.29. The zero-order valence-electron chi connectivity index (χ0n) is 16.1. The number of ether oxygens (including phenoxy) is 1. The van der Waals surface area contributed by atoms with Crippen LogP contribution in [0, 0.1) is 0 Å². The van der Waals surface area contributed by atoms with Crippen LogP contribution in [0.4, 0.5) is 0 Å². The van der Waals surface area contributed by atoms with Gasteiger partial charge in [-0.1, -0.05) is 59.9 Å². The number of rotatable bonds is 3. The molecule has 0 radical (unpaired) electrons. The summed E-state index contributed by atoms with van der Waals surface area (Å²) in [5.74, 6) is 0.820. The van der Waals surface area contributed by atoms with Crippen molar-refractivity contribution in [3.8, 4) is 5.75 Å². The molecule has 5 rings (SSSR count). The monoisotopic (exact) mass is 415 g/mol. The lowest BCUT2D eigenvalue weighted by Gasteiger charge is -2.22. The summed E-state index contributed by atoms with van der Waals surface area (Å²) in [6.45, 7) is 1.94. The summed E-state index contributed by atoms with van der Waals surface area (Å²) in [5, 5.41) is 4.31. The Morgan fingerprint density at radius 3 is 2.70 bits per heavy atom. The lowest BCUT2D eigenvalue weighted by atomic mass is 10.0. The molecule has 7 heteroatoms. The van der Waals surface area contributed by atoms with E-state index in [2.05, 4.69) is 10.1 Å². The Kier molecular flexibility index (Phi) is 4.52. The minimum Gasteiger partial charge on any atom is -0.485 e. The van der Waals surface area contributed by atoms with Gasteiger partial charge in [0, 0.05) is 12.0 Å². The van der Waals surface area contributed by atoms with Crippen molar-refractivity contribution in [3.63, 3.8) is 0 Å². The van der Waals surface area contributed by atoms with Crippen LogP contribution in [-0.2, 0) is 6.42 Å². The van der Waals surface area contributed by atoms with Crippen molar-refractivity contribution in [2.24, 2.45) is 0 Å². The van der Waals surface area contributed by atoms with Gasteiger partial charge in [-0.3, -0.25) is 9.59 Å². The molecule has 0 N–H and O–H groups in total. The third-order valence-corrected chi connectivity index (χ3v) is 5.94. The molecule has 6 nitrogen and oxygen atoms in total. The van der Waals surface area contributed by atoms with Crippen LogP contribution in [0.2, 0.25) is 0 Å². The molecule has 0 saturated heterocycles. The van der Waals surface area contributed by atoms with Gasteiger partial charge in [-0.15, -0.1) is 0 Å². The largest absolute Gasteiger partial charge is 0.485 e. The van der Waals surface area contributed by atoms with E-state index in [1.165, 1.54) is 4.52 Å². The maximum Gasteiger partial charge on any atom is 0.296 e. The first-order valence-electron chi connectivity index (χ1n) is 9.54. The van der Waals surface area contributed by atoms with Crippen LogP contribution in [0.1, 0.15) is 23.7 Å². The van der Waals surface area contributed by atoms with Crippen molar-refractivity contribution >= 4 is 28.4 Å². The van der Waals surface area contributed by atoms with Crippen molar-refractivity contribution in [1.29, 1.82) is 0 Å². The molecular formula is C23H17N3O3S. The van der Waals surface area contributed by atoms with Crippen LogP contribution >= 0.6 is 11.3 Å². The minimum absolute atomic E-state index is 0.195. The predicted octanol–water partition coefficient (Wildman–Crippen LogP) is 2.47. The lowest BCUT2D eigenvalue weighted by Crippen LogP contribution is -2.29. The van der Waals surface area contributed by atoms with Gasteiger partial charge in [0.1, 0.15) is 17.5 Å². The van der Waals surface area contributed by atoms with E-state index in [9.17, 15) is 9.59 Å². The molecule has 0 unspecified atom stereocenters. The molecule has 0 bridgehead atoms. The Morgan fingerprint density at radius 2 is 1.87 bits per heavy atom. The van der Waals surface area contributed by atoms with Crippen LogP contribution in [0.3, 0.4) is 0 Å². The van der Waals surface area contributed by atoms with Gasteiger partial charge in [-0.2, -0.15) is 14.6 Å². The van der Waals surface area contributed by atoms with E-state index in [1.54, 1.807) is 6.08 Å². The van der Waals surface area contributed by atoms with E-state index < -0.39 is 5.56 Å². The summed E-state index contributed by atoms with van der Waals surface area (Å²) in [5.41, 5.74) is 2.34. The summed E-state index contributed by atoms with van der Waals surface area (Å²) in [6, 6.07) is 17.3. The molecule has 0 fully saturated rings. The maximum atomic E-state index is 12.9. The van der Waals surface area contributed by atoms with Crippen molar-refractivity contribution < 1.29 is 4.74 Å². The quantitative estimate of drug-likeness (QED) is 0.514. The first-order valence-corrected chi connectivity index (χ1v) is 10.4. The van der Waals surface area contributed by atoms with Crippen LogP contribution < -0.4 is 20.4 Å². The fraction of sp³-hybridized carbons (Fsp3) is 0.130. The summed E-state index contributed by atoms with van der Waals surface area (Å²) < 4.78 is 7.64. The van der Waals surface area contributed by atoms with Gasteiger partial charge in [0.25, 0.3) is 11.1 Å². The highest BCUT2D eigenvalue weighted by atomic mass is 32.1. The van der Waals surface area contributed by atoms with Crippen LogP contribution in [0.25, 0.3) is 17.1 Å². The van der Waals surface area contributed by atoms with E-state index in [0.29, 0.717) is 15.9 Å². The Bertz CT molecular complexity index is 1450. The molecule has 148 valence electrons. The second kappa shape index (κ2) is 7.35. The molecule has 0 spiro atoms. The summed E-state index contributed by atoms with van der Waals surface area (Å²) >= 11 is 1.15. The first-order chi connectivity index (χ1) is 14.6. The first kappa shape index (κ1) is 18.4. The van der Waals surface area contributed by atoms with E-state index in [1.807, 2.05) is 67.6 Å². The Labute approximate surface area is 175 Å². The predicted molar refractivity (Wildman–Crippen MR) is 117 cm³/mol. The van der Waals surface area contributed by atoms with Crippen LogP contribution in [0.15, 0.2) is 69.8 Å². The van der Waals surface area contributed by atoms with E-state index >= 15 is 0 Å². The maximum absolute atomic E-state index is 12.9. The summed E-state index contributed by atoms with van der Waals surface area (Å²) in [4.78, 5) is 29.7. The van der Waals surface area contributed by atoms with Crippen molar-refractivity contribution in [2.75, 3.05) is 0 Å². The Balaban J connectivity index is 1.60. The molecule has 30 heavy (non-hydrogen) atoms. The van der Waals surface area contributed by atoms with E-state index in [-0.39, 0.29) is 17.4 Å². The number of para-hydroxylation sites is 1. The standard InChI is InChI=1S/C23H17N3O3S/c1-14-17(12-16-9-5-6-10-19(16)29-14)13-20-22(28)26-23(30-20)24-21(27)18(25-26)11-15-7-3-2-4-8-15/h2-10,12-14H,11H2,1H3/b20-13+/t14-/m1/s1. The summed E-state index contributed by atoms with van der Waals surface area (Å²) in [6.07, 6.45) is 3.94. The second-order valence-corrected chi connectivity index (χ2v) is 8.09. The van der Waals surface area contributed by atoms with Gasteiger partial charge < -0.3 is 4.74 Å². The lowest BCUT2D eigenvalue weighted by molar-refractivity contribution is 0.259. The number of nitrogens with zero attached hydrogens (tertiary/aromatic N) is 3. The Hall–Kier alpha value is -3.58. The second-order valence-electron chi connectivity index (χ2n) is 7.08. The normalized spacial score (nSPS) is 16.2. The third kappa shape index (κ3) is 3.33. The van der Waals surface area contributed by atoms with Crippen molar-refractivity contribution in [2.45, 2.75) is 19.4 Å². The van der Waals surface area contributed by atoms with Crippen LogP contribution in [0.5, 0.6) is 5.75 Å². The minimum atomic E-state index is -0.408. The smallest absolute Gasteiger partial charge is 0.296 e. The molecule has 2 aromatic heterocycles. The van der Waals surface area contributed by atoms with Crippen molar-refractivity contribution in [3.05, 3.63) is 102 Å². The number of benzene rings is 2. The average molecular weight is 415 g/mol. The molecule has 0 amide bonds.